The molecule has 0 aromatic heterocycles. The van der Waals surface area contributed by atoms with Crippen LogP contribution in [-0.4, -0.2) is 23.7 Å². The molecule has 17 heavy (non-hydrogen) atoms. The topological polar surface area (TPSA) is 3.24 Å². The van der Waals surface area contributed by atoms with Crippen LogP contribution in [0.4, 0.5) is 0 Å². The Morgan fingerprint density at radius 2 is 2.06 bits per heavy atom. The second kappa shape index (κ2) is 6.46. The van der Waals surface area contributed by atoms with Crippen molar-refractivity contribution in [2.75, 3.05) is 18.8 Å². The van der Waals surface area contributed by atoms with Crippen LogP contribution in [0.15, 0.2) is 24.3 Å². The molecule has 0 amide bonds. The molecule has 1 aromatic carbocycles. The molecule has 0 saturated carbocycles. The lowest BCUT2D eigenvalue weighted by Crippen LogP contribution is -2.35. The highest BCUT2D eigenvalue weighted by Crippen LogP contribution is 2.20. The summed E-state index contributed by atoms with van der Waals surface area (Å²) in [5.74, 6) is 1.78. The van der Waals surface area contributed by atoms with E-state index in [1.807, 2.05) is 0 Å². The molecule has 0 N–H and O–H groups in total. The SMILES string of the molecule is CCCC(CS)CN1CCc2ccccc2C1. The molecule has 1 aromatic rings. The lowest BCUT2D eigenvalue weighted by molar-refractivity contribution is 0.216. The minimum atomic E-state index is 0.758. The zero-order valence-corrected chi connectivity index (χ0v) is 11.6. The maximum atomic E-state index is 4.48. The van der Waals surface area contributed by atoms with Gasteiger partial charge in [0.05, 0.1) is 0 Å². The van der Waals surface area contributed by atoms with Gasteiger partial charge in [0.1, 0.15) is 0 Å². The number of nitrogens with zero attached hydrogens (tertiary/aromatic N) is 1. The lowest BCUT2D eigenvalue weighted by Gasteiger charge is -2.31. The van der Waals surface area contributed by atoms with Crippen LogP contribution in [-0.2, 0) is 13.0 Å². The zero-order chi connectivity index (χ0) is 12.1. The second-order valence-corrected chi connectivity index (χ2v) is 5.46. The summed E-state index contributed by atoms with van der Waals surface area (Å²) in [5.41, 5.74) is 3.06. The van der Waals surface area contributed by atoms with Gasteiger partial charge >= 0.3 is 0 Å². The standard InChI is InChI=1S/C15H23NS/c1-2-5-13(12-17)10-16-9-8-14-6-3-4-7-15(14)11-16/h3-4,6-7,13,17H,2,5,8-12H2,1H3. The van der Waals surface area contributed by atoms with E-state index in [1.165, 1.54) is 37.9 Å². The monoisotopic (exact) mass is 249 g/mol. The number of rotatable bonds is 5. The smallest absolute Gasteiger partial charge is 0.0236 e. The minimum absolute atomic E-state index is 0.758. The minimum Gasteiger partial charge on any atom is -0.298 e. The quantitative estimate of drug-likeness (QED) is 0.783. The Hall–Kier alpha value is -0.470. The molecule has 0 spiro atoms. The van der Waals surface area contributed by atoms with Gasteiger partial charge in [0.15, 0.2) is 0 Å². The molecular formula is C15H23NS. The predicted octanol–water partition coefficient (Wildman–Crippen LogP) is 3.39. The summed E-state index contributed by atoms with van der Waals surface area (Å²) in [6.07, 6.45) is 3.79. The van der Waals surface area contributed by atoms with Gasteiger partial charge in [-0.15, -0.1) is 0 Å². The number of benzene rings is 1. The highest BCUT2D eigenvalue weighted by Gasteiger charge is 2.18. The van der Waals surface area contributed by atoms with E-state index in [9.17, 15) is 0 Å². The molecule has 1 aliphatic rings. The van der Waals surface area contributed by atoms with E-state index in [0.717, 1.165) is 18.2 Å². The summed E-state index contributed by atoms with van der Waals surface area (Å²) in [5, 5.41) is 0. The van der Waals surface area contributed by atoms with E-state index in [0.29, 0.717) is 0 Å². The first-order chi connectivity index (χ1) is 8.33. The molecule has 0 saturated heterocycles. The van der Waals surface area contributed by atoms with Crippen molar-refractivity contribution >= 4 is 12.6 Å². The molecule has 1 aliphatic heterocycles. The van der Waals surface area contributed by atoms with Crippen molar-refractivity contribution in [1.29, 1.82) is 0 Å². The molecule has 2 rings (SSSR count). The van der Waals surface area contributed by atoms with Crippen LogP contribution in [0.1, 0.15) is 30.9 Å². The van der Waals surface area contributed by atoms with Crippen molar-refractivity contribution in [2.45, 2.75) is 32.7 Å². The largest absolute Gasteiger partial charge is 0.298 e. The highest BCUT2D eigenvalue weighted by molar-refractivity contribution is 7.80. The first kappa shape index (κ1) is 13.0. The van der Waals surface area contributed by atoms with Gasteiger partial charge in [-0.2, -0.15) is 12.6 Å². The van der Waals surface area contributed by atoms with Gasteiger partial charge in [0.2, 0.25) is 0 Å². The van der Waals surface area contributed by atoms with E-state index < -0.39 is 0 Å². The third-order valence-corrected chi connectivity index (χ3v) is 4.20. The number of hydrogen-bond donors (Lipinski definition) is 1. The van der Waals surface area contributed by atoms with Crippen molar-refractivity contribution in [3.8, 4) is 0 Å². The lowest BCUT2D eigenvalue weighted by atomic mass is 9.98. The maximum Gasteiger partial charge on any atom is 0.0236 e. The molecule has 0 bridgehead atoms. The van der Waals surface area contributed by atoms with Crippen molar-refractivity contribution in [2.24, 2.45) is 5.92 Å². The van der Waals surface area contributed by atoms with E-state index in [1.54, 1.807) is 5.56 Å². The molecule has 0 radical (unpaired) electrons. The van der Waals surface area contributed by atoms with Crippen LogP contribution in [0.2, 0.25) is 0 Å². The summed E-state index contributed by atoms with van der Waals surface area (Å²) in [6.45, 7) is 5.82. The summed E-state index contributed by atoms with van der Waals surface area (Å²) in [6, 6.07) is 8.86. The summed E-state index contributed by atoms with van der Waals surface area (Å²) in [4.78, 5) is 2.60. The van der Waals surface area contributed by atoms with Crippen molar-refractivity contribution in [3.05, 3.63) is 35.4 Å². The van der Waals surface area contributed by atoms with Crippen LogP contribution in [0.3, 0.4) is 0 Å². The van der Waals surface area contributed by atoms with E-state index in [-0.39, 0.29) is 0 Å². The van der Waals surface area contributed by atoms with Gasteiger partial charge in [0, 0.05) is 19.6 Å². The van der Waals surface area contributed by atoms with Crippen LogP contribution >= 0.6 is 12.6 Å². The van der Waals surface area contributed by atoms with Gasteiger partial charge in [-0.05, 0) is 35.6 Å². The Bertz CT molecular complexity index is 351. The van der Waals surface area contributed by atoms with Gasteiger partial charge in [-0.25, -0.2) is 0 Å². The van der Waals surface area contributed by atoms with Gasteiger partial charge < -0.3 is 0 Å². The van der Waals surface area contributed by atoms with Crippen LogP contribution in [0.25, 0.3) is 0 Å². The molecular weight excluding hydrogens is 226 g/mol. The number of thiol groups is 1. The predicted molar refractivity (Wildman–Crippen MR) is 77.7 cm³/mol. The van der Waals surface area contributed by atoms with Gasteiger partial charge in [-0.1, -0.05) is 37.6 Å². The molecule has 94 valence electrons. The van der Waals surface area contributed by atoms with Crippen LogP contribution in [0.5, 0.6) is 0 Å². The third-order valence-electron chi connectivity index (χ3n) is 3.68. The molecule has 0 aliphatic carbocycles. The van der Waals surface area contributed by atoms with Crippen molar-refractivity contribution < 1.29 is 0 Å². The summed E-state index contributed by atoms with van der Waals surface area (Å²) < 4.78 is 0. The molecule has 0 fully saturated rings. The molecule has 1 unspecified atom stereocenters. The highest BCUT2D eigenvalue weighted by atomic mass is 32.1. The van der Waals surface area contributed by atoms with Crippen LogP contribution < -0.4 is 0 Å². The van der Waals surface area contributed by atoms with Crippen molar-refractivity contribution in [1.82, 2.24) is 4.90 Å². The first-order valence-electron chi connectivity index (χ1n) is 6.73. The molecule has 1 nitrogen and oxygen atoms in total. The molecule has 2 heteroatoms. The number of fused-ring (bicyclic) bond motifs is 1. The Balaban J connectivity index is 1.93. The Kier molecular flexibility index (Phi) is 4.93. The fourth-order valence-corrected chi connectivity index (χ4v) is 3.02. The van der Waals surface area contributed by atoms with Gasteiger partial charge in [-0.3, -0.25) is 4.90 Å². The summed E-state index contributed by atoms with van der Waals surface area (Å²) in [7, 11) is 0. The zero-order valence-electron chi connectivity index (χ0n) is 10.7. The van der Waals surface area contributed by atoms with Crippen LogP contribution in [0, 0.1) is 5.92 Å². The average molecular weight is 249 g/mol. The normalized spacial score (nSPS) is 17.8. The van der Waals surface area contributed by atoms with Gasteiger partial charge in [0.25, 0.3) is 0 Å². The van der Waals surface area contributed by atoms with E-state index in [2.05, 4.69) is 48.7 Å². The fraction of sp³-hybridized carbons (Fsp3) is 0.600. The fourth-order valence-electron chi connectivity index (χ4n) is 2.72. The van der Waals surface area contributed by atoms with E-state index >= 15 is 0 Å². The third kappa shape index (κ3) is 3.49. The first-order valence-corrected chi connectivity index (χ1v) is 7.36. The molecule has 1 atom stereocenters. The Labute approximate surface area is 111 Å². The average Bonchev–Trinajstić information content (AvgIpc) is 2.38. The Morgan fingerprint density at radius 3 is 2.76 bits per heavy atom. The Morgan fingerprint density at radius 1 is 1.29 bits per heavy atom. The maximum absolute atomic E-state index is 4.48. The van der Waals surface area contributed by atoms with Crippen molar-refractivity contribution in [3.63, 3.8) is 0 Å². The number of hydrogen-bond acceptors (Lipinski definition) is 2. The molecule has 1 heterocycles. The van der Waals surface area contributed by atoms with E-state index in [4.69, 9.17) is 0 Å². The summed E-state index contributed by atoms with van der Waals surface area (Å²) >= 11 is 4.48. The second-order valence-electron chi connectivity index (χ2n) is 5.09.